The van der Waals surface area contributed by atoms with Crippen molar-refractivity contribution in [1.82, 2.24) is 25.2 Å². The van der Waals surface area contributed by atoms with Gasteiger partial charge in [-0.25, -0.2) is 14.6 Å². The summed E-state index contributed by atoms with van der Waals surface area (Å²) in [4.78, 5) is 31.1. The third-order valence-corrected chi connectivity index (χ3v) is 4.23. The molecule has 10 nitrogen and oxygen atoms in total. The van der Waals surface area contributed by atoms with Crippen molar-refractivity contribution in [3.63, 3.8) is 0 Å². The number of aromatic nitrogens is 4. The minimum absolute atomic E-state index is 0.146. The first-order valence-corrected chi connectivity index (χ1v) is 8.59. The Morgan fingerprint density at radius 3 is 2.76 bits per heavy atom. The number of nitrogens with one attached hydrogen (secondary N) is 2. The fourth-order valence-corrected chi connectivity index (χ4v) is 2.84. The zero-order chi connectivity index (χ0) is 20.4. The molecule has 10 heteroatoms. The summed E-state index contributed by atoms with van der Waals surface area (Å²) in [5.41, 5.74) is 7.72. The normalized spacial score (nSPS) is 10.7. The number of benzene rings is 2. The summed E-state index contributed by atoms with van der Waals surface area (Å²) in [6.07, 6.45) is 2.96. The molecule has 4 rings (SSSR count). The molecule has 2 aromatic heterocycles. The number of non-ortho nitro benzene ring substituents is 1. The lowest BCUT2D eigenvalue weighted by Gasteiger charge is -2.09. The second kappa shape index (κ2) is 7.35. The lowest BCUT2D eigenvalue weighted by molar-refractivity contribution is -0.384. The SMILES string of the molecule is Cc1cccc(-n2ncc3c(NNC(=O)c4cccc([N+](=O)[O-])c4)ncnc32)c1. The summed E-state index contributed by atoms with van der Waals surface area (Å²) in [5.74, 6) is -0.181. The number of hydrazine groups is 1. The van der Waals surface area contributed by atoms with E-state index in [1.165, 1.54) is 30.6 Å². The lowest BCUT2D eigenvalue weighted by atomic mass is 10.2. The first kappa shape index (κ1) is 18.0. The summed E-state index contributed by atoms with van der Waals surface area (Å²) in [6.45, 7) is 1.99. The van der Waals surface area contributed by atoms with E-state index in [1.54, 1.807) is 10.9 Å². The zero-order valence-electron chi connectivity index (χ0n) is 15.2. The number of rotatable bonds is 5. The van der Waals surface area contributed by atoms with E-state index in [0.29, 0.717) is 16.9 Å². The number of hydrogen-bond donors (Lipinski definition) is 2. The summed E-state index contributed by atoms with van der Waals surface area (Å²) in [6, 6.07) is 13.3. The molecular weight excluding hydrogens is 374 g/mol. The van der Waals surface area contributed by atoms with Crippen molar-refractivity contribution in [2.45, 2.75) is 6.92 Å². The minimum Gasteiger partial charge on any atom is -0.281 e. The average Bonchev–Trinajstić information content (AvgIpc) is 3.17. The van der Waals surface area contributed by atoms with Crippen LogP contribution in [0.15, 0.2) is 61.1 Å². The molecule has 0 saturated carbocycles. The van der Waals surface area contributed by atoms with E-state index in [2.05, 4.69) is 25.9 Å². The standard InChI is InChI=1S/C19H15N7O3/c1-12-4-2-6-14(8-12)25-18-16(10-22-25)17(20-11-21-18)23-24-19(27)13-5-3-7-15(9-13)26(28)29/h2-11H,1H3,(H,24,27)(H,20,21,23). The van der Waals surface area contributed by atoms with Crippen LogP contribution in [0.4, 0.5) is 11.5 Å². The molecule has 1 amide bonds. The highest BCUT2D eigenvalue weighted by molar-refractivity contribution is 5.96. The third-order valence-electron chi connectivity index (χ3n) is 4.23. The second-order valence-electron chi connectivity index (χ2n) is 6.24. The van der Waals surface area contributed by atoms with Crippen molar-refractivity contribution < 1.29 is 9.72 Å². The molecule has 0 atom stereocenters. The fraction of sp³-hybridized carbons (Fsp3) is 0.0526. The summed E-state index contributed by atoms with van der Waals surface area (Å²) < 4.78 is 1.68. The van der Waals surface area contributed by atoms with Crippen LogP contribution in [0.5, 0.6) is 0 Å². The third kappa shape index (κ3) is 3.58. The van der Waals surface area contributed by atoms with E-state index in [4.69, 9.17) is 0 Å². The molecule has 0 spiro atoms. The van der Waals surface area contributed by atoms with Crippen LogP contribution >= 0.6 is 0 Å². The predicted octanol–water partition coefficient (Wildman–Crippen LogP) is 2.79. The van der Waals surface area contributed by atoms with Gasteiger partial charge in [-0.15, -0.1) is 0 Å². The summed E-state index contributed by atoms with van der Waals surface area (Å²) in [7, 11) is 0. The Balaban J connectivity index is 1.58. The number of carbonyl (C=O) groups is 1. The quantitative estimate of drug-likeness (QED) is 0.397. The van der Waals surface area contributed by atoms with Gasteiger partial charge in [-0.2, -0.15) is 5.10 Å². The van der Waals surface area contributed by atoms with Gasteiger partial charge in [0.15, 0.2) is 11.5 Å². The fourth-order valence-electron chi connectivity index (χ4n) is 2.84. The number of hydrogen-bond acceptors (Lipinski definition) is 7. The Labute approximate surface area is 164 Å². The highest BCUT2D eigenvalue weighted by Gasteiger charge is 2.14. The monoisotopic (exact) mass is 389 g/mol. The molecule has 4 aromatic rings. The van der Waals surface area contributed by atoms with Crippen LogP contribution in [-0.2, 0) is 0 Å². The summed E-state index contributed by atoms with van der Waals surface area (Å²) in [5, 5.41) is 15.8. The highest BCUT2D eigenvalue weighted by atomic mass is 16.6. The van der Waals surface area contributed by atoms with E-state index in [9.17, 15) is 14.9 Å². The van der Waals surface area contributed by atoms with E-state index >= 15 is 0 Å². The van der Waals surface area contributed by atoms with Crippen LogP contribution in [0, 0.1) is 17.0 Å². The molecule has 0 radical (unpaired) electrons. The van der Waals surface area contributed by atoms with Gasteiger partial charge >= 0.3 is 0 Å². The van der Waals surface area contributed by atoms with Gasteiger partial charge in [-0.1, -0.05) is 18.2 Å². The predicted molar refractivity (Wildman–Crippen MR) is 106 cm³/mol. The highest BCUT2D eigenvalue weighted by Crippen LogP contribution is 2.21. The van der Waals surface area contributed by atoms with Crippen molar-refractivity contribution in [1.29, 1.82) is 0 Å². The number of aryl methyl sites for hydroxylation is 1. The number of nitro benzene ring substituents is 1. The van der Waals surface area contributed by atoms with E-state index < -0.39 is 10.8 Å². The molecule has 0 aliphatic carbocycles. The Kier molecular flexibility index (Phi) is 4.57. The van der Waals surface area contributed by atoms with Crippen molar-refractivity contribution in [2.75, 3.05) is 5.43 Å². The van der Waals surface area contributed by atoms with Gasteiger partial charge in [0.05, 0.1) is 22.2 Å². The molecule has 2 heterocycles. The first-order chi connectivity index (χ1) is 14.0. The Morgan fingerprint density at radius 2 is 1.97 bits per heavy atom. The van der Waals surface area contributed by atoms with Crippen molar-refractivity contribution >= 4 is 28.4 Å². The van der Waals surface area contributed by atoms with Gasteiger partial charge < -0.3 is 0 Å². The van der Waals surface area contributed by atoms with Gasteiger partial charge in [0.1, 0.15) is 6.33 Å². The largest absolute Gasteiger partial charge is 0.281 e. The van der Waals surface area contributed by atoms with E-state index in [-0.39, 0.29) is 11.3 Å². The van der Waals surface area contributed by atoms with Crippen molar-refractivity contribution in [3.05, 3.63) is 82.3 Å². The second-order valence-corrected chi connectivity index (χ2v) is 6.24. The first-order valence-electron chi connectivity index (χ1n) is 8.59. The maximum Gasteiger partial charge on any atom is 0.270 e. The minimum atomic E-state index is -0.558. The Bertz CT molecular complexity index is 1240. The molecule has 0 saturated heterocycles. The van der Waals surface area contributed by atoms with Crippen LogP contribution in [-0.4, -0.2) is 30.6 Å². The smallest absolute Gasteiger partial charge is 0.270 e. The number of nitrogens with zero attached hydrogens (tertiary/aromatic N) is 5. The number of carbonyl (C=O) groups excluding carboxylic acids is 1. The molecule has 0 unspecified atom stereocenters. The van der Waals surface area contributed by atoms with Crippen LogP contribution in [0.2, 0.25) is 0 Å². The summed E-state index contributed by atoms with van der Waals surface area (Å²) >= 11 is 0. The molecule has 0 fully saturated rings. The van der Waals surface area contributed by atoms with E-state index in [0.717, 1.165) is 11.3 Å². The molecule has 2 aromatic carbocycles. The number of anilines is 1. The number of nitro groups is 1. The topological polar surface area (TPSA) is 128 Å². The molecule has 0 bridgehead atoms. The van der Waals surface area contributed by atoms with Crippen molar-refractivity contribution in [2.24, 2.45) is 0 Å². The van der Waals surface area contributed by atoms with Crippen LogP contribution in [0.1, 0.15) is 15.9 Å². The van der Waals surface area contributed by atoms with Crippen LogP contribution in [0.3, 0.4) is 0 Å². The van der Waals surface area contributed by atoms with Crippen molar-refractivity contribution in [3.8, 4) is 5.69 Å². The Morgan fingerprint density at radius 1 is 1.14 bits per heavy atom. The lowest BCUT2D eigenvalue weighted by Crippen LogP contribution is -2.29. The molecule has 0 aliphatic heterocycles. The van der Waals surface area contributed by atoms with Gasteiger partial charge in [-0.05, 0) is 30.7 Å². The van der Waals surface area contributed by atoms with Crippen LogP contribution in [0.25, 0.3) is 16.7 Å². The van der Waals surface area contributed by atoms with Gasteiger partial charge in [0, 0.05) is 17.7 Å². The average molecular weight is 389 g/mol. The number of fused-ring (bicyclic) bond motifs is 1. The molecule has 0 aliphatic rings. The molecular formula is C19H15N7O3. The van der Waals surface area contributed by atoms with Gasteiger partial charge in [0.25, 0.3) is 11.6 Å². The molecule has 29 heavy (non-hydrogen) atoms. The zero-order valence-corrected chi connectivity index (χ0v) is 15.2. The Hall–Kier alpha value is -4.34. The maximum atomic E-state index is 12.3. The van der Waals surface area contributed by atoms with Crippen LogP contribution < -0.4 is 10.9 Å². The molecule has 144 valence electrons. The number of amides is 1. The maximum absolute atomic E-state index is 12.3. The van der Waals surface area contributed by atoms with Gasteiger partial charge in [-0.3, -0.25) is 25.8 Å². The van der Waals surface area contributed by atoms with Gasteiger partial charge in [0.2, 0.25) is 0 Å². The van der Waals surface area contributed by atoms with E-state index in [1.807, 2.05) is 31.2 Å². The molecule has 2 N–H and O–H groups in total.